The summed E-state index contributed by atoms with van der Waals surface area (Å²) >= 11 is 0. The third kappa shape index (κ3) is 1.64. The summed E-state index contributed by atoms with van der Waals surface area (Å²) in [5.74, 6) is -0.486. The van der Waals surface area contributed by atoms with Gasteiger partial charge in [-0.15, -0.1) is 0 Å². The first-order chi connectivity index (χ1) is 8.59. The predicted octanol–water partition coefficient (Wildman–Crippen LogP) is 0.306. The van der Waals surface area contributed by atoms with E-state index in [9.17, 15) is 14.7 Å². The van der Waals surface area contributed by atoms with Crippen molar-refractivity contribution in [3.05, 3.63) is 0 Å². The van der Waals surface area contributed by atoms with Gasteiger partial charge < -0.3 is 15.3 Å². The van der Waals surface area contributed by atoms with E-state index in [1.165, 1.54) is 0 Å². The molecule has 0 aliphatic carbocycles. The van der Waals surface area contributed by atoms with Crippen molar-refractivity contribution in [1.29, 1.82) is 0 Å². The van der Waals surface area contributed by atoms with Crippen LogP contribution in [0.4, 0.5) is 0 Å². The SMILES string of the molecule is CC1CNCC1C(=O)N1C2CCC1C(C(=O)O)C2. The van der Waals surface area contributed by atoms with Gasteiger partial charge in [0.2, 0.25) is 5.91 Å². The van der Waals surface area contributed by atoms with Crippen molar-refractivity contribution in [2.24, 2.45) is 17.8 Å². The summed E-state index contributed by atoms with van der Waals surface area (Å²) in [6.07, 6.45) is 2.50. The molecule has 5 nitrogen and oxygen atoms in total. The highest BCUT2D eigenvalue weighted by Gasteiger charge is 2.52. The second-order valence-electron chi connectivity index (χ2n) is 5.97. The molecular formula is C13H20N2O3. The zero-order valence-electron chi connectivity index (χ0n) is 10.6. The van der Waals surface area contributed by atoms with E-state index in [4.69, 9.17) is 0 Å². The van der Waals surface area contributed by atoms with Crippen molar-refractivity contribution in [2.75, 3.05) is 13.1 Å². The number of hydrogen-bond acceptors (Lipinski definition) is 3. The summed E-state index contributed by atoms with van der Waals surface area (Å²) in [6, 6.07) is 0.129. The summed E-state index contributed by atoms with van der Waals surface area (Å²) in [7, 11) is 0. The molecule has 18 heavy (non-hydrogen) atoms. The maximum atomic E-state index is 12.6. The lowest BCUT2D eigenvalue weighted by Gasteiger charge is -2.27. The van der Waals surface area contributed by atoms with Gasteiger partial charge in [0, 0.05) is 18.6 Å². The van der Waals surface area contributed by atoms with Crippen molar-refractivity contribution in [2.45, 2.75) is 38.3 Å². The van der Waals surface area contributed by atoms with E-state index >= 15 is 0 Å². The number of hydrogen-bond donors (Lipinski definition) is 2. The third-order valence-corrected chi connectivity index (χ3v) is 4.94. The first-order valence-electron chi connectivity index (χ1n) is 6.85. The van der Waals surface area contributed by atoms with Gasteiger partial charge in [0.05, 0.1) is 11.8 Å². The minimum Gasteiger partial charge on any atom is -0.481 e. The van der Waals surface area contributed by atoms with Crippen LogP contribution in [0, 0.1) is 17.8 Å². The molecule has 0 radical (unpaired) electrons. The molecule has 100 valence electrons. The van der Waals surface area contributed by atoms with E-state index in [1.807, 2.05) is 4.90 Å². The predicted molar refractivity (Wildman–Crippen MR) is 64.9 cm³/mol. The van der Waals surface area contributed by atoms with Gasteiger partial charge in [0.1, 0.15) is 0 Å². The monoisotopic (exact) mass is 252 g/mol. The quantitative estimate of drug-likeness (QED) is 0.742. The summed E-state index contributed by atoms with van der Waals surface area (Å²) in [4.78, 5) is 25.7. The van der Waals surface area contributed by atoms with Crippen LogP contribution in [0.1, 0.15) is 26.2 Å². The fourth-order valence-electron chi connectivity index (χ4n) is 3.93. The fourth-order valence-corrected chi connectivity index (χ4v) is 3.93. The number of rotatable bonds is 2. The van der Waals surface area contributed by atoms with E-state index < -0.39 is 5.97 Å². The van der Waals surface area contributed by atoms with Crippen LogP contribution < -0.4 is 5.32 Å². The van der Waals surface area contributed by atoms with E-state index in [1.54, 1.807) is 0 Å². The van der Waals surface area contributed by atoms with Gasteiger partial charge in [-0.3, -0.25) is 9.59 Å². The smallest absolute Gasteiger partial charge is 0.308 e. The van der Waals surface area contributed by atoms with Crippen LogP contribution in [-0.4, -0.2) is 47.1 Å². The lowest BCUT2D eigenvalue weighted by Crippen LogP contribution is -2.43. The first-order valence-corrected chi connectivity index (χ1v) is 6.85. The van der Waals surface area contributed by atoms with Crippen molar-refractivity contribution in [1.82, 2.24) is 10.2 Å². The van der Waals surface area contributed by atoms with Gasteiger partial charge in [0.25, 0.3) is 0 Å². The van der Waals surface area contributed by atoms with Crippen LogP contribution in [-0.2, 0) is 9.59 Å². The number of carbonyl (C=O) groups excluding carboxylic acids is 1. The van der Waals surface area contributed by atoms with Crippen molar-refractivity contribution < 1.29 is 14.7 Å². The van der Waals surface area contributed by atoms with Crippen molar-refractivity contribution >= 4 is 11.9 Å². The number of aliphatic carboxylic acids is 1. The average Bonchev–Trinajstić information content (AvgIpc) is 3.01. The molecular weight excluding hydrogens is 232 g/mol. The molecule has 0 aromatic rings. The van der Waals surface area contributed by atoms with E-state index in [-0.39, 0.29) is 29.8 Å². The third-order valence-electron chi connectivity index (χ3n) is 4.94. The second-order valence-corrected chi connectivity index (χ2v) is 5.97. The number of carboxylic acids is 1. The highest BCUT2D eigenvalue weighted by molar-refractivity contribution is 5.83. The molecule has 0 aromatic carbocycles. The summed E-state index contributed by atoms with van der Waals surface area (Å²) in [5.41, 5.74) is 0. The molecule has 3 aliphatic heterocycles. The normalized spacial score (nSPS) is 42.5. The highest BCUT2D eigenvalue weighted by atomic mass is 16.4. The summed E-state index contributed by atoms with van der Waals surface area (Å²) in [6.45, 7) is 3.73. The Morgan fingerprint density at radius 3 is 2.56 bits per heavy atom. The van der Waals surface area contributed by atoms with Crippen LogP contribution in [0.3, 0.4) is 0 Å². The van der Waals surface area contributed by atoms with E-state index in [0.29, 0.717) is 12.3 Å². The molecule has 3 heterocycles. The van der Waals surface area contributed by atoms with Crippen LogP contribution in [0.2, 0.25) is 0 Å². The molecule has 5 atom stereocenters. The average molecular weight is 252 g/mol. The first kappa shape index (κ1) is 12.0. The van der Waals surface area contributed by atoms with Gasteiger partial charge in [-0.2, -0.15) is 0 Å². The molecule has 5 heteroatoms. The molecule has 0 spiro atoms. The Hall–Kier alpha value is -1.10. The molecule has 3 rings (SSSR count). The number of carboxylic acid groups (broad SMARTS) is 1. The molecule has 0 aromatic heterocycles. The second kappa shape index (κ2) is 4.23. The largest absolute Gasteiger partial charge is 0.481 e. The number of fused-ring (bicyclic) bond motifs is 2. The van der Waals surface area contributed by atoms with E-state index in [2.05, 4.69) is 12.2 Å². The Balaban J connectivity index is 1.77. The van der Waals surface area contributed by atoms with Gasteiger partial charge >= 0.3 is 5.97 Å². The van der Waals surface area contributed by atoms with Crippen LogP contribution in [0.15, 0.2) is 0 Å². The van der Waals surface area contributed by atoms with E-state index in [0.717, 1.165) is 25.9 Å². The Labute approximate surface area is 107 Å². The standard InChI is InChI=1S/C13H20N2O3/c1-7-5-14-6-10(7)12(16)15-8-2-3-11(15)9(4-8)13(17)18/h7-11,14H,2-6H2,1H3,(H,17,18). The molecule has 0 saturated carbocycles. The van der Waals surface area contributed by atoms with Crippen LogP contribution in [0.25, 0.3) is 0 Å². The molecule has 2 N–H and O–H groups in total. The maximum absolute atomic E-state index is 12.6. The van der Waals surface area contributed by atoms with Gasteiger partial charge in [-0.1, -0.05) is 6.92 Å². The lowest BCUT2D eigenvalue weighted by atomic mass is 9.89. The lowest BCUT2D eigenvalue weighted by molar-refractivity contribution is -0.143. The maximum Gasteiger partial charge on any atom is 0.308 e. The van der Waals surface area contributed by atoms with Gasteiger partial charge in [0.15, 0.2) is 0 Å². The minimum absolute atomic E-state index is 0.0423. The summed E-state index contributed by atoms with van der Waals surface area (Å²) in [5, 5.41) is 12.4. The zero-order valence-corrected chi connectivity index (χ0v) is 10.6. The number of nitrogens with zero attached hydrogens (tertiary/aromatic N) is 1. The fraction of sp³-hybridized carbons (Fsp3) is 0.846. The number of nitrogens with one attached hydrogen (secondary N) is 1. The Bertz CT molecular complexity index is 384. The molecule has 2 bridgehead atoms. The Morgan fingerprint density at radius 1 is 1.22 bits per heavy atom. The number of amides is 1. The van der Waals surface area contributed by atoms with Crippen molar-refractivity contribution in [3.63, 3.8) is 0 Å². The molecule has 3 aliphatic rings. The van der Waals surface area contributed by atoms with Crippen LogP contribution in [0.5, 0.6) is 0 Å². The highest BCUT2D eigenvalue weighted by Crippen LogP contribution is 2.43. The summed E-state index contributed by atoms with van der Waals surface area (Å²) < 4.78 is 0. The molecule has 1 amide bonds. The van der Waals surface area contributed by atoms with Gasteiger partial charge in [-0.05, 0) is 31.7 Å². The van der Waals surface area contributed by atoms with Crippen LogP contribution >= 0.6 is 0 Å². The molecule has 3 saturated heterocycles. The topological polar surface area (TPSA) is 69.6 Å². The van der Waals surface area contributed by atoms with Crippen molar-refractivity contribution in [3.8, 4) is 0 Å². The number of carbonyl (C=O) groups is 2. The minimum atomic E-state index is -0.738. The Kier molecular flexibility index (Phi) is 2.81. The Morgan fingerprint density at radius 2 is 2.00 bits per heavy atom. The molecule has 5 unspecified atom stereocenters. The molecule has 3 fully saturated rings. The van der Waals surface area contributed by atoms with Gasteiger partial charge in [-0.25, -0.2) is 0 Å². The zero-order chi connectivity index (χ0) is 12.9.